The normalized spacial score (nSPS) is 15.3. The number of hydrogen-bond donors (Lipinski definition) is 8. The van der Waals surface area contributed by atoms with Crippen molar-refractivity contribution in [1.29, 1.82) is 0 Å². The summed E-state index contributed by atoms with van der Waals surface area (Å²) >= 11 is 1.05. The van der Waals surface area contributed by atoms with E-state index in [9.17, 15) is 63.0 Å². The van der Waals surface area contributed by atoms with Gasteiger partial charge >= 0.3 is 11.9 Å². The number of aliphatic carboxylic acids is 1. The molecule has 1 aromatic heterocycles. The largest absolute Gasteiger partial charge is 0.506 e. The van der Waals surface area contributed by atoms with E-state index in [2.05, 4.69) is 36.9 Å². The quantitative estimate of drug-likeness (QED) is 0.0116. The van der Waals surface area contributed by atoms with E-state index in [1.165, 1.54) is 56.5 Å². The van der Waals surface area contributed by atoms with Crippen LogP contribution in [0.15, 0.2) is 35.7 Å². The molecule has 0 aliphatic carbocycles. The smallest absolute Gasteiger partial charge is 0.306 e. The number of carboxylic acids is 1. The average molecular weight is 1280 g/mol. The van der Waals surface area contributed by atoms with Gasteiger partial charge in [-0.1, -0.05) is 47.1 Å². The van der Waals surface area contributed by atoms with E-state index in [-0.39, 0.29) is 116 Å². The van der Waals surface area contributed by atoms with Crippen LogP contribution in [-0.2, 0) is 68.7 Å². The number of anilines is 1. The van der Waals surface area contributed by atoms with Gasteiger partial charge in [0.1, 0.15) is 41.3 Å². The molecule has 2 unspecified atom stereocenters. The van der Waals surface area contributed by atoms with Crippen LogP contribution in [0.5, 0.6) is 5.75 Å². The first-order valence-corrected chi connectivity index (χ1v) is 31.2. The molecule has 27 nitrogen and oxygen atoms in total. The summed E-state index contributed by atoms with van der Waals surface area (Å²) in [6.45, 7) is 19.1. The fraction of sp³-hybridized carbons (Fsp3) is 0.645. The second-order valence-corrected chi connectivity index (χ2v) is 25.5. The van der Waals surface area contributed by atoms with Crippen LogP contribution in [0.3, 0.4) is 0 Å². The molecule has 9 amide bonds. The minimum Gasteiger partial charge on any atom is -0.506 e. The Hall–Kier alpha value is -7.40. The summed E-state index contributed by atoms with van der Waals surface area (Å²) in [5.41, 5.74) is -1.41. The van der Waals surface area contributed by atoms with E-state index in [0.29, 0.717) is 24.8 Å². The Morgan fingerprint density at radius 1 is 0.833 bits per heavy atom. The van der Waals surface area contributed by atoms with E-state index in [1.54, 1.807) is 65.7 Å². The van der Waals surface area contributed by atoms with Gasteiger partial charge in [0.2, 0.25) is 35.4 Å². The van der Waals surface area contributed by atoms with Gasteiger partial charge in [0, 0.05) is 76.6 Å². The van der Waals surface area contributed by atoms with Crippen LogP contribution >= 0.6 is 11.3 Å². The van der Waals surface area contributed by atoms with Crippen molar-refractivity contribution in [3.8, 4) is 5.75 Å². The molecule has 90 heavy (non-hydrogen) atoms. The van der Waals surface area contributed by atoms with Gasteiger partial charge in [0.15, 0.2) is 6.10 Å². The maximum atomic E-state index is 14.4. The molecule has 2 heterocycles. The van der Waals surface area contributed by atoms with Crippen molar-refractivity contribution >= 4 is 82.1 Å². The number of imide groups is 1. The highest BCUT2D eigenvalue weighted by Gasteiger charge is 2.39. The van der Waals surface area contributed by atoms with Crippen molar-refractivity contribution in [3.05, 3.63) is 52.0 Å². The van der Waals surface area contributed by atoms with Crippen LogP contribution in [0.25, 0.3) is 0 Å². The van der Waals surface area contributed by atoms with Gasteiger partial charge in [0.05, 0.1) is 36.3 Å². The molecule has 0 spiro atoms. The highest BCUT2D eigenvalue weighted by molar-refractivity contribution is 7.09. The number of nitrogens with one attached hydrogen (secondary N) is 6. The Morgan fingerprint density at radius 3 is 2.08 bits per heavy atom. The van der Waals surface area contributed by atoms with Crippen molar-refractivity contribution in [2.75, 3.05) is 60.4 Å². The molecule has 0 bridgehead atoms. The van der Waals surface area contributed by atoms with E-state index >= 15 is 0 Å². The minimum atomic E-state index is -1.25. The van der Waals surface area contributed by atoms with Gasteiger partial charge in [0.25, 0.3) is 17.7 Å². The number of nitrogens with zero attached hydrogens (tertiary/aromatic N) is 5. The molecule has 1 aliphatic heterocycles. The van der Waals surface area contributed by atoms with Crippen LogP contribution < -0.4 is 31.9 Å². The number of phenolic OH excluding ortho intramolecular Hbond substituents is 1. The molecule has 0 radical (unpaired) electrons. The molecule has 0 saturated heterocycles. The average Bonchev–Trinajstić information content (AvgIpc) is 3.69. The van der Waals surface area contributed by atoms with Crippen LogP contribution in [0.4, 0.5) is 5.69 Å². The molecular formula is C62H97N11O16S. The standard InChI is InChI=1S/C62H97N11O16S/c1-17-37(4)53(69-60(86)62(10,11)70(12)13)58(83)72(15)46(36(2)3)32-48(89-40(7)74)57-68-45(34-90-57)56(82)65-42(29-38(5)59(84)85)30-41-23-24-47(75)44(31-41)67-54(80)39(6)64-55(81)43(66-49(76)22-20-28-73-51(78)25-26-52(73)79)21-18-19-27-63-50(77)33-61(8,9)88-35-71(14)87-16/h23-26,31,34,36-39,42-43,46,48,53,75H,17-22,27-30,32-33,35H2,1-16H3,(H,63,77)(H,64,81)(H,65,82)(H,66,76)(H,67,80)(H,69,86)(H,84,85)/t37-,38?,39-,42+,43-,46?,48+,53-/m0/s1. The number of thiazole rings is 1. The number of rotatable bonds is 39. The number of amides is 9. The molecule has 0 saturated carbocycles. The lowest BCUT2D eigenvalue weighted by Gasteiger charge is -2.38. The fourth-order valence-corrected chi connectivity index (χ4v) is 10.3. The summed E-state index contributed by atoms with van der Waals surface area (Å²) in [5.74, 6) is -8.14. The predicted octanol–water partition coefficient (Wildman–Crippen LogP) is 4.20. The maximum Gasteiger partial charge on any atom is 0.306 e. The molecule has 2 aromatic rings. The van der Waals surface area contributed by atoms with Gasteiger partial charge in [-0.05, 0) is 117 Å². The lowest BCUT2D eigenvalue weighted by Crippen LogP contribution is -2.60. The van der Waals surface area contributed by atoms with Crippen molar-refractivity contribution in [2.24, 2.45) is 17.8 Å². The summed E-state index contributed by atoms with van der Waals surface area (Å²) in [6.07, 6.45) is 2.73. The zero-order valence-corrected chi connectivity index (χ0v) is 55.9. The molecule has 1 aromatic carbocycles. The summed E-state index contributed by atoms with van der Waals surface area (Å²) in [7, 11) is 8.36. The monoisotopic (exact) mass is 1280 g/mol. The molecule has 1 aliphatic rings. The number of benzene rings is 1. The second kappa shape index (κ2) is 35.9. The third-order valence-electron chi connectivity index (χ3n) is 15.9. The number of ether oxygens (including phenoxy) is 2. The Morgan fingerprint density at radius 2 is 1.49 bits per heavy atom. The van der Waals surface area contributed by atoms with Crippen molar-refractivity contribution in [2.45, 2.75) is 188 Å². The number of carbonyl (C=O) groups is 11. The minimum absolute atomic E-state index is 0.00126. The van der Waals surface area contributed by atoms with E-state index in [4.69, 9.17) is 14.3 Å². The number of phenols is 1. The molecule has 8 atom stereocenters. The highest BCUT2D eigenvalue weighted by atomic mass is 32.1. The Kier molecular flexibility index (Phi) is 30.6. The van der Waals surface area contributed by atoms with E-state index < -0.39 is 101 Å². The van der Waals surface area contributed by atoms with E-state index in [0.717, 1.165) is 28.4 Å². The number of carbonyl (C=O) groups excluding carboxylic acids is 10. The van der Waals surface area contributed by atoms with Crippen LogP contribution in [0.2, 0.25) is 0 Å². The first-order chi connectivity index (χ1) is 42.0. The number of aromatic hydroxyl groups is 1. The third-order valence-corrected chi connectivity index (χ3v) is 16.8. The van der Waals surface area contributed by atoms with Crippen molar-refractivity contribution in [1.82, 2.24) is 51.3 Å². The molecular weight excluding hydrogens is 1190 g/mol. The van der Waals surface area contributed by atoms with Gasteiger partial charge in [-0.15, -0.1) is 11.3 Å². The number of carboxylic acid groups (broad SMARTS) is 1. The zero-order valence-electron chi connectivity index (χ0n) is 55.1. The van der Waals surface area contributed by atoms with Crippen molar-refractivity contribution in [3.63, 3.8) is 0 Å². The number of hydrogen-bond acceptors (Lipinski definition) is 19. The summed E-state index contributed by atoms with van der Waals surface area (Å²) < 4.78 is 11.6. The van der Waals surface area contributed by atoms with Crippen LogP contribution in [0, 0.1) is 17.8 Å². The lowest BCUT2D eigenvalue weighted by molar-refractivity contribution is -0.199. The molecule has 3 rings (SSSR count). The van der Waals surface area contributed by atoms with E-state index in [1.807, 2.05) is 27.7 Å². The maximum absolute atomic E-state index is 14.4. The lowest BCUT2D eigenvalue weighted by atomic mass is 9.92. The Bertz CT molecular complexity index is 2840. The highest BCUT2D eigenvalue weighted by Crippen LogP contribution is 2.32. The number of aromatic nitrogens is 1. The number of esters is 1. The third kappa shape index (κ3) is 24.4. The number of likely N-dealkylation sites (N-methyl/N-ethyl adjacent to an activating group) is 2. The van der Waals surface area contributed by atoms with Gasteiger partial charge < -0.3 is 61.3 Å². The first kappa shape index (κ1) is 76.8. The molecule has 0 fully saturated rings. The zero-order chi connectivity index (χ0) is 68.0. The number of unbranched alkanes of at least 4 members (excludes halogenated alkanes) is 1. The number of hydroxylamine groups is 2. The molecule has 502 valence electrons. The fourth-order valence-electron chi connectivity index (χ4n) is 9.42. The van der Waals surface area contributed by atoms with Crippen LogP contribution in [-0.4, -0.2) is 197 Å². The first-order valence-electron chi connectivity index (χ1n) is 30.3. The second-order valence-electron chi connectivity index (χ2n) is 24.6. The Labute approximate surface area is 532 Å². The van der Waals surface area contributed by atoms with Gasteiger partial charge in [-0.3, -0.25) is 62.5 Å². The van der Waals surface area contributed by atoms with Gasteiger partial charge in [-0.25, -0.2) is 4.98 Å². The summed E-state index contributed by atoms with van der Waals surface area (Å²) in [4.78, 5) is 158. The topological polar surface area (TPSA) is 354 Å². The van der Waals surface area contributed by atoms with Crippen LogP contribution in [0.1, 0.15) is 161 Å². The van der Waals surface area contributed by atoms with Gasteiger partial charge in [-0.2, -0.15) is 5.06 Å². The molecule has 28 heteroatoms. The summed E-state index contributed by atoms with van der Waals surface area (Å²) in [6, 6.07) is -0.414. The Balaban J connectivity index is 1.79. The summed E-state index contributed by atoms with van der Waals surface area (Å²) in [5, 5.41) is 40.7. The SMILES string of the molecule is CC[C@H](C)[C@H](NC(=O)C(C)(C)N(C)C)C(=O)N(C)C(C[C@@H](OC(C)=O)c1nc(C(=O)N[C@@H](Cc2ccc(O)c(NC(=O)[C@H](C)NC(=O)[C@H](CCCCNC(=O)CC(C)(C)OCN(C)OC)NC(=O)CCCN3C(=O)C=CC3=O)c2)CC(C)C(=O)O)cs1)C(C)C. The van der Waals surface area contributed by atoms with Crippen molar-refractivity contribution < 1.29 is 77.3 Å². The predicted molar refractivity (Wildman–Crippen MR) is 336 cm³/mol. The molecule has 8 N–H and O–H groups in total.